The van der Waals surface area contributed by atoms with Gasteiger partial charge in [0.05, 0.1) is 39.8 Å². The minimum atomic E-state index is -4.85. The molecule has 0 aliphatic rings. The van der Waals surface area contributed by atoms with E-state index in [1.54, 1.807) is 0 Å². The second-order valence-electron chi connectivity index (χ2n) is 8.95. The number of carbonyl (C=O) groups excluding carboxylic acids is 1. The number of carbonyl (C=O) groups is 1. The molecule has 214 valence electrons. The van der Waals surface area contributed by atoms with E-state index in [1.807, 2.05) is 0 Å². The van der Waals surface area contributed by atoms with Gasteiger partial charge in [0.15, 0.2) is 26.4 Å². The molecule has 11 nitrogen and oxygen atoms in total. The number of thiazole rings is 1. The molecule has 0 fully saturated rings. The standard InChI is InChI=1S/C22H19Cl2F3N6O5S2/c1-10-18(40(36,37)32-21(2,3)9-34)39-19(29-10)31-20(35)38-15-8-28-33-16(22(25,26)27)7-14(30-17(15)33)11-4-5-12(23)13(24)6-11/h4-8,32,34H,9H2,1-3H3,(H,29,31,35). The molecule has 0 aliphatic heterocycles. The first-order valence-electron chi connectivity index (χ1n) is 11.0. The Morgan fingerprint density at radius 2 is 1.88 bits per heavy atom. The number of aromatic nitrogens is 4. The van der Waals surface area contributed by atoms with Crippen LogP contribution < -0.4 is 14.8 Å². The number of hydrogen-bond acceptors (Lipinski definition) is 9. The van der Waals surface area contributed by atoms with Crippen molar-refractivity contribution in [1.82, 2.24) is 24.3 Å². The summed E-state index contributed by atoms with van der Waals surface area (Å²) in [5, 5.41) is 15.4. The van der Waals surface area contributed by atoms with E-state index in [9.17, 15) is 31.5 Å². The average molecular weight is 639 g/mol. The van der Waals surface area contributed by atoms with Crippen molar-refractivity contribution in [3.63, 3.8) is 0 Å². The fourth-order valence-electron chi connectivity index (χ4n) is 3.36. The van der Waals surface area contributed by atoms with E-state index >= 15 is 0 Å². The largest absolute Gasteiger partial charge is 0.433 e. The minimum Gasteiger partial charge on any atom is -0.404 e. The number of fused-ring (bicyclic) bond motifs is 1. The van der Waals surface area contributed by atoms with E-state index in [1.165, 1.54) is 39.0 Å². The molecule has 40 heavy (non-hydrogen) atoms. The summed E-state index contributed by atoms with van der Waals surface area (Å²) in [6.45, 7) is 3.86. The molecule has 4 aromatic rings. The van der Waals surface area contributed by atoms with Crippen LogP contribution in [-0.4, -0.2) is 51.3 Å². The zero-order chi connectivity index (χ0) is 29.6. The highest BCUT2D eigenvalue weighted by atomic mass is 35.5. The maximum absolute atomic E-state index is 13.8. The lowest BCUT2D eigenvalue weighted by atomic mass is 10.1. The van der Waals surface area contributed by atoms with Crippen LogP contribution in [0.3, 0.4) is 0 Å². The number of sulfonamides is 1. The Balaban J connectivity index is 1.64. The topological polar surface area (TPSA) is 148 Å². The third-order valence-corrected chi connectivity index (χ3v) is 9.28. The van der Waals surface area contributed by atoms with Crippen LogP contribution in [0.4, 0.5) is 23.1 Å². The van der Waals surface area contributed by atoms with Crippen LogP contribution in [0.2, 0.25) is 10.0 Å². The fraction of sp³-hybridized carbons (Fsp3) is 0.273. The van der Waals surface area contributed by atoms with Crippen LogP contribution in [0.25, 0.3) is 16.9 Å². The average Bonchev–Trinajstić information content (AvgIpc) is 3.42. The number of aliphatic hydroxyl groups excluding tert-OH is 1. The molecule has 0 atom stereocenters. The van der Waals surface area contributed by atoms with E-state index in [0.29, 0.717) is 15.9 Å². The van der Waals surface area contributed by atoms with Crippen LogP contribution in [0.15, 0.2) is 34.7 Å². The fourth-order valence-corrected chi connectivity index (χ4v) is 6.46. The number of alkyl halides is 3. The smallest absolute Gasteiger partial charge is 0.404 e. The van der Waals surface area contributed by atoms with Crippen molar-refractivity contribution in [2.24, 2.45) is 0 Å². The zero-order valence-corrected chi connectivity index (χ0v) is 23.8. The summed E-state index contributed by atoms with van der Waals surface area (Å²) in [7, 11) is -4.10. The molecule has 1 aromatic carbocycles. The maximum Gasteiger partial charge on any atom is 0.433 e. The zero-order valence-electron chi connectivity index (χ0n) is 20.7. The quantitative estimate of drug-likeness (QED) is 0.252. The minimum absolute atomic E-state index is 0.0558. The van der Waals surface area contributed by atoms with Crippen molar-refractivity contribution >= 4 is 61.4 Å². The molecule has 0 radical (unpaired) electrons. The molecular formula is C22H19Cl2F3N6O5S2. The Morgan fingerprint density at radius 1 is 1.18 bits per heavy atom. The summed E-state index contributed by atoms with van der Waals surface area (Å²) in [4.78, 5) is 20.8. The molecule has 3 heterocycles. The summed E-state index contributed by atoms with van der Waals surface area (Å²) >= 11 is 12.5. The summed E-state index contributed by atoms with van der Waals surface area (Å²) in [6, 6.07) is 4.91. The molecular weight excluding hydrogens is 620 g/mol. The first-order valence-corrected chi connectivity index (χ1v) is 14.1. The molecule has 0 saturated carbocycles. The molecule has 0 aliphatic carbocycles. The van der Waals surface area contributed by atoms with Crippen LogP contribution in [0, 0.1) is 6.92 Å². The van der Waals surface area contributed by atoms with Gasteiger partial charge in [-0.1, -0.05) is 40.6 Å². The maximum atomic E-state index is 13.8. The van der Waals surface area contributed by atoms with Crippen molar-refractivity contribution in [2.45, 2.75) is 36.7 Å². The van der Waals surface area contributed by atoms with E-state index in [4.69, 9.17) is 27.9 Å². The number of nitrogens with one attached hydrogen (secondary N) is 2. The number of aryl methyl sites for hydroxylation is 1. The Hall–Kier alpha value is -3.02. The van der Waals surface area contributed by atoms with Gasteiger partial charge in [-0.2, -0.15) is 18.3 Å². The monoisotopic (exact) mass is 638 g/mol. The van der Waals surface area contributed by atoms with Crippen LogP contribution in [-0.2, 0) is 16.2 Å². The molecule has 4 rings (SSSR count). The summed E-state index contributed by atoms with van der Waals surface area (Å²) in [6.07, 6.45) is -5.16. The van der Waals surface area contributed by atoms with Crippen molar-refractivity contribution < 1.29 is 36.2 Å². The number of rotatable bonds is 7. The number of benzene rings is 1. The summed E-state index contributed by atoms with van der Waals surface area (Å²) < 4.78 is 74.7. The molecule has 0 saturated heterocycles. The Labute approximate surface area is 239 Å². The van der Waals surface area contributed by atoms with Crippen LogP contribution >= 0.6 is 34.5 Å². The lowest BCUT2D eigenvalue weighted by molar-refractivity contribution is -0.142. The number of ether oxygens (including phenoxy) is 1. The predicted octanol–water partition coefficient (Wildman–Crippen LogP) is 5.15. The first kappa shape index (κ1) is 30.0. The lowest BCUT2D eigenvalue weighted by Crippen LogP contribution is -2.46. The molecule has 18 heteroatoms. The molecule has 0 unspecified atom stereocenters. The van der Waals surface area contributed by atoms with Crippen molar-refractivity contribution in [1.29, 1.82) is 0 Å². The number of nitrogens with zero attached hydrogens (tertiary/aromatic N) is 4. The van der Waals surface area contributed by atoms with Gasteiger partial charge in [0.1, 0.15) is 0 Å². The van der Waals surface area contributed by atoms with Crippen LogP contribution in [0.1, 0.15) is 25.2 Å². The Morgan fingerprint density at radius 3 is 2.50 bits per heavy atom. The summed E-state index contributed by atoms with van der Waals surface area (Å²) in [5.74, 6) is -0.419. The van der Waals surface area contributed by atoms with Gasteiger partial charge in [0, 0.05) is 5.56 Å². The van der Waals surface area contributed by atoms with Gasteiger partial charge in [-0.3, -0.25) is 5.32 Å². The number of amides is 1. The number of aliphatic hydroxyl groups is 1. The van der Waals surface area contributed by atoms with Gasteiger partial charge in [-0.15, -0.1) is 0 Å². The van der Waals surface area contributed by atoms with E-state index in [-0.39, 0.29) is 36.3 Å². The molecule has 1 amide bonds. The molecule has 3 N–H and O–H groups in total. The third kappa shape index (κ3) is 6.31. The second kappa shape index (κ2) is 10.8. The second-order valence-corrected chi connectivity index (χ2v) is 12.6. The SMILES string of the molecule is Cc1nc(NC(=O)Oc2cnn3c(C(F)(F)F)cc(-c4ccc(Cl)c(Cl)c4)nc23)sc1S(=O)(=O)NC(C)(C)CO. The number of hydrogen-bond donors (Lipinski definition) is 3. The highest BCUT2D eigenvalue weighted by molar-refractivity contribution is 7.91. The number of halogens is 5. The van der Waals surface area contributed by atoms with Crippen LogP contribution in [0.5, 0.6) is 5.75 Å². The van der Waals surface area contributed by atoms with Gasteiger partial charge in [-0.05, 0) is 39.0 Å². The molecule has 0 spiro atoms. The number of anilines is 1. The third-order valence-electron chi connectivity index (χ3n) is 5.16. The Bertz CT molecular complexity index is 1720. The van der Waals surface area contributed by atoms with Gasteiger partial charge >= 0.3 is 12.3 Å². The molecule has 0 bridgehead atoms. The van der Waals surface area contributed by atoms with Gasteiger partial charge in [0.2, 0.25) is 0 Å². The highest BCUT2D eigenvalue weighted by Gasteiger charge is 2.36. The van der Waals surface area contributed by atoms with Crippen molar-refractivity contribution in [2.75, 3.05) is 11.9 Å². The molecule has 3 aromatic heterocycles. The first-order chi connectivity index (χ1) is 18.5. The predicted molar refractivity (Wildman–Crippen MR) is 141 cm³/mol. The van der Waals surface area contributed by atoms with Gasteiger partial charge in [0.25, 0.3) is 10.0 Å². The van der Waals surface area contributed by atoms with E-state index in [2.05, 4.69) is 25.1 Å². The normalized spacial score (nSPS) is 12.6. The van der Waals surface area contributed by atoms with Gasteiger partial charge in [-0.25, -0.2) is 32.4 Å². The van der Waals surface area contributed by atoms with Crippen molar-refractivity contribution in [3.8, 4) is 17.0 Å². The van der Waals surface area contributed by atoms with Crippen molar-refractivity contribution in [3.05, 3.63) is 51.9 Å². The Kier molecular flexibility index (Phi) is 8.05. The highest BCUT2D eigenvalue weighted by Crippen LogP contribution is 2.36. The van der Waals surface area contributed by atoms with Gasteiger partial charge < -0.3 is 9.84 Å². The van der Waals surface area contributed by atoms with E-state index < -0.39 is 51.5 Å². The van der Waals surface area contributed by atoms with E-state index in [0.717, 1.165) is 12.3 Å². The summed E-state index contributed by atoms with van der Waals surface area (Å²) in [5.41, 5.74) is -2.67. The lowest BCUT2D eigenvalue weighted by Gasteiger charge is -2.22.